The first kappa shape index (κ1) is 13.9. The SMILES string of the molecule is Cc1ccc(N2CC(C)CC(C)C2C)c(C(=N)N)c1. The van der Waals surface area contributed by atoms with E-state index in [9.17, 15) is 0 Å². The first-order valence-corrected chi connectivity index (χ1v) is 7.11. The molecule has 0 saturated carbocycles. The summed E-state index contributed by atoms with van der Waals surface area (Å²) in [5.74, 6) is 1.52. The number of benzene rings is 1. The van der Waals surface area contributed by atoms with Crippen molar-refractivity contribution in [3.63, 3.8) is 0 Å². The van der Waals surface area contributed by atoms with Gasteiger partial charge in [0.25, 0.3) is 0 Å². The number of nitrogens with two attached hydrogens (primary N) is 1. The number of hydrogen-bond donors (Lipinski definition) is 2. The van der Waals surface area contributed by atoms with Crippen LogP contribution in [0.5, 0.6) is 0 Å². The lowest BCUT2D eigenvalue weighted by Gasteiger charge is -2.43. The minimum Gasteiger partial charge on any atom is -0.384 e. The van der Waals surface area contributed by atoms with Crippen LogP contribution in [0.25, 0.3) is 0 Å². The molecule has 0 amide bonds. The Hall–Kier alpha value is -1.51. The van der Waals surface area contributed by atoms with Gasteiger partial charge < -0.3 is 10.6 Å². The third-order valence-electron chi connectivity index (χ3n) is 4.35. The monoisotopic (exact) mass is 259 g/mol. The van der Waals surface area contributed by atoms with Gasteiger partial charge in [-0.2, -0.15) is 0 Å². The predicted molar refractivity (Wildman–Crippen MR) is 81.9 cm³/mol. The van der Waals surface area contributed by atoms with E-state index in [0.717, 1.165) is 23.4 Å². The van der Waals surface area contributed by atoms with Crippen molar-refractivity contribution in [2.45, 2.75) is 40.2 Å². The third kappa shape index (κ3) is 2.75. The van der Waals surface area contributed by atoms with Crippen LogP contribution in [-0.2, 0) is 0 Å². The second-order valence-electron chi connectivity index (χ2n) is 6.15. The highest BCUT2D eigenvalue weighted by Crippen LogP contribution is 2.33. The van der Waals surface area contributed by atoms with E-state index in [0.29, 0.717) is 17.9 Å². The molecule has 1 heterocycles. The topological polar surface area (TPSA) is 53.1 Å². The van der Waals surface area contributed by atoms with Crippen LogP contribution in [0.3, 0.4) is 0 Å². The first-order chi connectivity index (χ1) is 8.90. The number of anilines is 1. The van der Waals surface area contributed by atoms with Gasteiger partial charge in [0.1, 0.15) is 5.84 Å². The van der Waals surface area contributed by atoms with Gasteiger partial charge in [0.15, 0.2) is 0 Å². The molecular formula is C16H25N3. The molecule has 0 spiro atoms. The number of nitrogens with one attached hydrogen (secondary N) is 1. The summed E-state index contributed by atoms with van der Waals surface area (Å²) in [7, 11) is 0. The Labute approximate surface area is 116 Å². The fraction of sp³-hybridized carbons (Fsp3) is 0.562. The second-order valence-corrected chi connectivity index (χ2v) is 6.15. The lowest BCUT2D eigenvalue weighted by Crippen LogP contribution is -2.46. The highest BCUT2D eigenvalue weighted by Gasteiger charge is 2.30. The minimum absolute atomic E-state index is 0.164. The Balaban J connectivity index is 2.42. The summed E-state index contributed by atoms with van der Waals surface area (Å²) in [4.78, 5) is 2.43. The standard InChI is InChI=1S/C16H25N3/c1-10-5-6-15(14(8-10)16(17)18)19-9-11(2)7-12(3)13(19)4/h5-6,8,11-13H,7,9H2,1-4H3,(H3,17,18). The molecular weight excluding hydrogens is 234 g/mol. The van der Waals surface area contributed by atoms with Crippen molar-refractivity contribution < 1.29 is 0 Å². The van der Waals surface area contributed by atoms with Crippen LogP contribution in [0.1, 0.15) is 38.3 Å². The zero-order valence-corrected chi connectivity index (χ0v) is 12.4. The number of amidine groups is 1. The molecule has 104 valence electrons. The molecule has 3 N–H and O–H groups in total. The molecule has 19 heavy (non-hydrogen) atoms. The van der Waals surface area contributed by atoms with Crippen LogP contribution in [0.2, 0.25) is 0 Å². The minimum atomic E-state index is 0.164. The van der Waals surface area contributed by atoms with Crippen LogP contribution >= 0.6 is 0 Å². The van der Waals surface area contributed by atoms with Crippen LogP contribution in [-0.4, -0.2) is 18.4 Å². The Morgan fingerprint density at radius 3 is 2.63 bits per heavy atom. The van der Waals surface area contributed by atoms with Crippen molar-refractivity contribution >= 4 is 11.5 Å². The molecule has 1 aromatic carbocycles. The van der Waals surface area contributed by atoms with E-state index in [2.05, 4.69) is 37.8 Å². The van der Waals surface area contributed by atoms with Crippen molar-refractivity contribution in [1.29, 1.82) is 5.41 Å². The van der Waals surface area contributed by atoms with Crippen LogP contribution in [0, 0.1) is 24.2 Å². The van der Waals surface area contributed by atoms with Gasteiger partial charge in [-0.05, 0) is 44.2 Å². The van der Waals surface area contributed by atoms with E-state index in [4.69, 9.17) is 11.1 Å². The molecule has 1 saturated heterocycles. The smallest absolute Gasteiger partial charge is 0.124 e. The fourth-order valence-corrected chi connectivity index (χ4v) is 3.15. The van der Waals surface area contributed by atoms with Crippen molar-refractivity contribution in [3.8, 4) is 0 Å². The number of nitrogens with zero attached hydrogens (tertiary/aromatic N) is 1. The quantitative estimate of drug-likeness (QED) is 0.633. The molecule has 1 fully saturated rings. The van der Waals surface area contributed by atoms with Gasteiger partial charge >= 0.3 is 0 Å². The van der Waals surface area contributed by atoms with Crippen molar-refractivity contribution in [2.24, 2.45) is 17.6 Å². The summed E-state index contributed by atoms with van der Waals surface area (Å²) in [6.45, 7) is 9.99. The highest BCUT2D eigenvalue weighted by molar-refractivity contribution is 6.00. The molecule has 0 aliphatic carbocycles. The Kier molecular flexibility index (Phi) is 3.83. The summed E-state index contributed by atoms with van der Waals surface area (Å²) in [5.41, 5.74) is 8.90. The Morgan fingerprint density at radius 1 is 1.32 bits per heavy atom. The zero-order chi connectivity index (χ0) is 14.2. The summed E-state index contributed by atoms with van der Waals surface area (Å²) in [5, 5.41) is 7.81. The average molecular weight is 259 g/mol. The van der Waals surface area contributed by atoms with Crippen molar-refractivity contribution in [2.75, 3.05) is 11.4 Å². The van der Waals surface area contributed by atoms with E-state index in [1.807, 2.05) is 13.0 Å². The summed E-state index contributed by atoms with van der Waals surface area (Å²) in [6, 6.07) is 6.75. The highest BCUT2D eigenvalue weighted by atomic mass is 15.2. The van der Waals surface area contributed by atoms with Gasteiger partial charge in [0.2, 0.25) is 0 Å². The van der Waals surface area contributed by atoms with E-state index in [1.54, 1.807) is 0 Å². The van der Waals surface area contributed by atoms with E-state index < -0.39 is 0 Å². The van der Waals surface area contributed by atoms with E-state index >= 15 is 0 Å². The zero-order valence-electron chi connectivity index (χ0n) is 12.4. The predicted octanol–water partition coefficient (Wildman–Crippen LogP) is 3.15. The van der Waals surface area contributed by atoms with Gasteiger partial charge in [-0.15, -0.1) is 0 Å². The van der Waals surface area contributed by atoms with Crippen molar-refractivity contribution in [3.05, 3.63) is 29.3 Å². The van der Waals surface area contributed by atoms with Gasteiger partial charge in [0.05, 0.1) is 0 Å². The summed E-state index contributed by atoms with van der Waals surface area (Å²) >= 11 is 0. The number of piperidine rings is 1. The lowest BCUT2D eigenvalue weighted by atomic mass is 9.85. The number of hydrogen-bond acceptors (Lipinski definition) is 2. The molecule has 0 radical (unpaired) electrons. The van der Waals surface area contributed by atoms with Gasteiger partial charge in [-0.1, -0.05) is 25.5 Å². The van der Waals surface area contributed by atoms with E-state index in [-0.39, 0.29) is 5.84 Å². The largest absolute Gasteiger partial charge is 0.384 e. The molecule has 3 heteroatoms. The molecule has 3 nitrogen and oxygen atoms in total. The van der Waals surface area contributed by atoms with Crippen LogP contribution < -0.4 is 10.6 Å². The molecule has 3 atom stereocenters. The van der Waals surface area contributed by atoms with Gasteiger partial charge in [-0.25, -0.2) is 0 Å². The molecule has 1 aromatic rings. The molecule has 1 aliphatic heterocycles. The maximum atomic E-state index is 7.81. The number of rotatable bonds is 2. The fourth-order valence-electron chi connectivity index (χ4n) is 3.15. The maximum absolute atomic E-state index is 7.81. The normalized spacial score (nSPS) is 27.4. The lowest BCUT2D eigenvalue weighted by molar-refractivity contribution is 0.297. The van der Waals surface area contributed by atoms with Gasteiger partial charge in [0, 0.05) is 23.8 Å². The first-order valence-electron chi connectivity index (χ1n) is 7.11. The van der Waals surface area contributed by atoms with Crippen LogP contribution in [0.15, 0.2) is 18.2 Å². The molecule has 0 bridgehead atoms. The molecule has 3 unspecified atom stereocenters. The number of aryl methyl sites for hydroxylation is 1. The van der Waals surface area contributed by atoms with E-state index in [1.165, 1.54) is 6.42 Å². The van der Waals surface area contributed by atoms with Gasteiger partial charge in [-0.3, -0.25) is 5.41 Å². The molecule has 0 aromatic heterocycles. The Morgan fingerprint density at radius 2 is 2.00 bits per heavy atom. The average Bonchev–Trinajstić information content (AvgIpc) is 2.34. The maximum Gasteiger partial charge on any atom is 0.124 e. The summed E-state index contributed by atoms with van der Waals surface area (Å²) < 4.78 is 0. The molecule has 2 rings (SSSR count). The Bertz CT molecular complexity index is 481. The number of nitrogen functional groups attached to an aromatic ring is 1. The van der Waals surface area contributed by atoms with Crippen molar-refractivity contribution in [1.82, 2.24) is 0 Å². The van der Waals surface area contributed by atoms with Crippen LogP contribution in [0.4, 0.5) is 5.69 Å². The third-order valence-corrected chi connectivity index (χ3v) is 4.35. The molecule has 1 aliphatic rings. The second kappa shape index (κ2) is 5.24. The summed E-state index contributed by atoms with van der Waals surface area (Å²) in [6.07, 6.45) is 1.28.